The normalized spacial score (nSPS) is 11.2. The quantitative estimate of drug-likeness (QED) is 0.325. The molecule has 0 aromatic heterocycles. The van der Waals surface area contributed by atoms with Crippen LogP contribution in [-0.2, 0) is 14.9 Å². The van der Waals surface area contributed by atoms with Gasteiger partial charge < -0.3 is 20.3 Å². The van der Waals surface area contributed by atoms with Crippen LogP contribution in [0.1, 0.15) is 6.92 Å². The molecule has 0 aliphatic heterocycles. The molecule has 2 aromatic rings. The van der Waals surface area contributed by atoms with Gasteiger partial charge >= 0.3 is 0 Å². The molecule has 0 bridgehead atoms. The van der Waals surface area contributed by atoms with Crippen LogP contribution in [0.4, 0.5) is 17.1 Å². The third kappa shape index (κ3) is 8.95. The van der Waals surface area contributed by atoms with Crippen LogP contribution in [0.3, 0.4) is 0 Å². The van der Waals surface area contributed by atoms with E-state index in [1.54, 1.807) is 24.3 Å². The smallest absolute Gasteiger partial charge is 0.283 e. The Bertz CT molecular complexity index is 1090. The van der Waals surface area contributed by atoms with Gasteiger partial charge in [0.05, 0.1) is 10.0 Å². The molecule has 0 atom stereocenters. The average Bonchev–Trinajstić information content (AvgIpc) is 2.68. The van der Waals surface area contributed by atoms with E-state index in [1.807, 2.05) is 19.0 Å². The van der Waals surface area contributed by atoms with Crippen molar-refractivity contribution in [1.29, 1.82) is 0 Å². The van der Waals surface area contributed by atoms with Gasteiger partial charge in [0.25, 0.3) is 10.1 Å². The number of anilines is 3. The van der Waals surface area contributed by atoms with Crippen LogP contribution in [0.2, 0.25) is 10.0 Å². The molecule has 33 heavy (non-hydrogen) atoms. The van der Waals surface area contributed by atoms with Crippen LogP contribution >= 0.6 is 35.4 Å². The van der Waals surface area contributed by atoms with Crippen LogP contribution in [0.15, 0.2) is 36.4 Å². The Morgan fingerprint density at radius 3 is 2.12 bits per heavy atom. The van der Waals surface area contributed by atoms with Crippen LogP contribution in [0.25, 0.3) is 0 Å². The lowest BCUT2D eigenvalue weighted by Gasteiger charge is -2.20. The molecule has 0 radical (unpaired) electrons. The van der Waals surface area contributed by atoms with E-state index in [4.69, 9.17) is 44.7 Å². The highest BCUT2D eigenvalue weighted by molar-refractivity contribution is 7.85. The van der Waals surface area contributed by atoms with Crippen molar-refractivity contribution >= 4 is 73.6 Å². The zero-order valence-electron chi connectivity index (χ0n) is 18.1. The van der Waals surface area contributed by atoms with E-state index in [9.17, 15) is 13.2 Å². The number of hydrogen-bond acceptors (Lipinski definition) is 6. The molecule has 9 nitrogen and oxygen atoms in total. The van der Waals surface area contributed by atoms with Crippen LogP contribution in [0.5, 0.6) is 5.75 Å². The van der Waals surface area contributed by atoms with E-state index < -0.39 is 21.9 Å². The number of likely N-dealkylation sites (N-methyl/N-ethyl adjacent to an activating group) is 1. The van der Waals surface area contributed by atoms with E-state index >= 15 is 0 Å². The Morgan fingerprint density at radius 1 is 1.09 bits per heavy atom. The Hall–Kier alpha value is -2.15. The molecule has 2 rings (SSSR count). The number of thiocarbonyl (C=S) groups is 1. The number of nitrogens with one attached hydrogen (secondary N) is 2. The molecule has 0 heterocycles. The van der Waals surface area contributed by atoms with Crippen LogP contribution < -0.4 is 20.3 Å². The maximum Gasteiger partial charge on any atom is 0.283 e. The van der Waals surface area contributed by atoms with Crippen molar-refractivity contribution in [3.63, 3.8) is 0 Å². The monoisotopic (exact) mass is 534 g/mol. The minimum Gasteiger partial charge on any atom is -0.489 e. The summed E-state index contributed by atoms with van der Waals surface area (Å²) in [4.78, 5) is 14.6. The van der Waals surface area contributed by atoms with Crippen molar-refractivity contribution in [1.82, 2.24) is 4.90 Å². The molecule has 0 saturated heterocycles. The summed E-state index contributed by atoms with van der Waals surface area (Å²) in [5.41, 5.74) is 1.43. The number of rotatable bonds is 9. The van der Waals surface area contributed by atoms with Crippen molar-refractivity contribution < 1.29 is 22.5 Å². The summed E-state index contributed by atoms with van der Waals surface area (Å²) in [7, 11) is -0.513. The molecule has 0 unspecified atom stereocenters. The summed E-state index contributed by atoms with van der Waals surface area (Å²) >= 11 is 17.9. The SMILES string of the molecule is CC(=O)N(CS(=O)(=O)O)c1ccc(NC(=S)Nc2cc(Cl)c(OCCN(C)C)c(Cl)c2)cc1. The molecule has 1 amide bonds. The fraction of sp³-hybridized carbons (Fsp3) is 0.300. The molecule has 0 fully saturated rings. The lowest BCUT2D eigenvalue weighted by molar-refractivity contribution is -0.116. The maximum atomic E-state index is 11.7. The van der Waals surface area contributed by atoms with Gasteiger partial charge in [0, 0.05) is 30.5 Å². The van der Waals surface area contributed by atoms with Gasteiger partial charge in [-0.05, 0) is 62.7 Å². The van der Waals surface area contributed by atoms with Crippen molar-refractivity contribution in [2.45, 2.75) is 6.92 Å². The number of amides is 1. The summed E-state index contributed by atoms with van der Waals surface area (Å²) in [5.74, 6) is -0.987. The molecule has 0 spiro atoms. The van der Waals surface area contributed by atoms with E-state index in [-0.39, 0.29) is 5.11 Å². The maximum absolute atomic E-state index is 11.7. The number of carbonyl (C=O) groups is 1. The molecule has 0 saturated carbocycles. The molecule has 2 aromatic carbocycles. The van der Waals surface area contributed by atoms with E-state index in [1.165, 1.54) is 19.1 Å². The molecular formula is C20H24Cl2N4O5S2. The molecule has 180 valence electrons. The van der Waals surface area contributed by atoms with E-state index in [0.717, 1.165) is 4.90 Å². The summed E-state index contributed by atoms with van der Waals surface area (Å²) in [6, 6.07) is 9.51. The third-order valence-corrected chi connectivity index (χ3v) is 5.50. The minimum absolute atomic E-state index is 0.248. The third-order valence-electron chi connectivity index (χ3n) is 4.15. The summed E-state index contributed by atoms with van der Waals surface area (Å²) in [5, 5.41) is 6.84. The van der Waals surface area contributed by atoms with Gasteiger partial charge in [0.15, 0.2) is 16.7 Å². The van der Waals surface area contributed by atoms with Crippen LogP contribution in [0, 0.1) is 0 Å². The largest absolute Gasteiger partial charge is 0.489 e. The van der Waals surface area contributed by atoms with E-state index in [2.05, 4.69) is 10.6 Å². The van der Waals surface area contributed by atoms with Gasteiger partial charge in [-0.3, -0.25) is 14.2 Å². The van der Waals surface area contributed by atoms with Gasteiger partial charge in [0.1, 0.15) is 6.61 Å². The zero-order chi connectivity index (χ0) is 24.8. The fourth-order valence-electron chi connectivity index (χ4n) is 2.63. The van der Waals surface area contributed by atoms with E-state index in [0.29, 0.717) is 46.0 Å². The molecule has 0 aliphatic rings. The highest BCUT2D eigenvalue weighted by Gasteiger charge is 2.18. The first-order valence-corrected chi connectivity index (χ1v) is 12.3. The number of nitrogens with zero attached hydrogens (tertiary/aromatic N) is 2. The van der Waals surface area contributed by atoms with Crippen molar-refractivity contribution in [3.05, 3.63) is 46.4 Å². The number of ether oxygens (including phenoxy) is 1. The Morgan fingerprint density at radius 2 is 1.64 bits per heavy atom. The minimum atomic E-state index is -4.37. The molecule has 13 heteroatoms. The molecule has 3 N–H and O–H groups in total. The lowest BCUT2D eigenvalue weighted by atomic mass is 10.2. The lowest BCUT2D eigenvalue weighted by Crippen LogP contribution is -2.33. The first-order chi connectivity index (χ1) is 15.4. The summed E-state index contributed by atoms with van der Waals surface area (Å²) in [6.07, 6.45) is 0. The predicted octanol–water partition coefficient (Wildman–Crippen LogP) is 3.94. The van der Waals surface area contributed by atoms with Crippen LogP contribution in [-0.4, -0.2) is 62.0 Å². The second kappa shape index (κ2) is 11.8. The highest BCUT2D eigenvalue weighted by atomic mass is 35.5. The van der Waals surface area contributed by atoms with Crippen molar-refractivity contribution in [2.24, 2.45) is 0 Å². The predicted molar refractivity (Wildman–Crippen MR) is 136 cm³/mol. The first-order valence-electron chi connectivity index (χ1n) is 9.53. The number of halogens is 2. The number of hydrogen-bond donors (Lipinski definition) is 3. The Labute approximate surface area is 208 Å². The summed E-state index contributed by atoms with van der Waals surface area (Å²) in [6.45, 7) is 2.34. The number of benzene rings is 2. The van der Waals surface area contributed by atoms with Gasteiger partial charge in [-0.25, -0.2) is 0 Å². The highest BCUT2D eigenvalue weighted by Crippen LogP contribution is 2.36. The topological polar surface area (TPSA) is 111 Å². The van der Waals surface area contributed by atoms with Crippen molar-refractivity contribution in [3.8, 4) is 5.75 Å². The zero-order valence-corrected chi connectivity index (χ0v) is 21.3. The van der Waals surface area contributed by atoms with Gasteiger partial charge in [-0.1, -0.05) is 23.2 Å². The first kappa shape index (κ1) is 27.1. The second-order valence-corrected chi connectivity index (χ2v) is 9.85. The fourth-order valence-corrected chi connectivity index (χ4v) is 4.12. The molecule has 0 aliphatic carbocycles. The van der Waals surface area contributed by atoms with Gasteiger partial charge in [0.2, 0.25) is 5.91 Å². The van der Waals surface area contributed by atoms with Gasteiger partial charge in [-0.15, -0.1) is 0 Å². The van der Waals surface area contributed by atoms with Crippen molar-refractivity contribution in [2.75, 3.05) is 48.7 Å². The standard InChI is InChI=1S/C20H24Cl2N4O5S2/c1-13(27)26(12-33(28,29)30)16-6-4-14(5-7-16)23-20(32)24-15-10-17(21)19(18(22)11-15)31-9-8-25(2)3/h4-7,10-11H,8-9,12H2,1-3H3,(H2,23,24,32)(H,28,29,30). The molecular weight excluding hydrogens is 511 g/mol. The Kier molecular flexibility index (Phi) is 9.70. The van der Waals surface area contributed by atoms with Gasteiger partial charge in [-0.2, -0.15) is 8.42 Å². The summed E-state index contributed by atoms with van der Waals surface area (Å²) < 4.78 is 37.0. The second-order valence-electron chi connectivity index (χ2n) is 7.20. The number of carbonyl (C=O) groups excluding carboxylic acids is 1. The average molecular weight is 535 g/mol. The Balaban J connectivity index is 2.03.